The topological polar surface area (TPSA) is 469 Å². The Kier molecular flexibility index (Phi) is 28.2. The van der Waals surface area contributed by atoms with Crippen molar-refractivity contribution in [1.82, 2.24) is 67.7 Å². The summed E-state index contributed by atoms with van der Waals surface area (Å²) in [6.07, 6.45) is 5.80. The number of phenolic OH excluding ortho intramolecular Hbond substituents is 1. The van der Waals surface area contributed by atoms with Crippen LogP contribution >= 0.6 is 0 Å². The molecular weight excluding hydrogens is 1180 g/mol. The van der Waals surface area contributed by atoms with E-state index >= 15 is 0 Å². The maximum atomic E-state index is 14.7. The van der Waals surface area contributed by atoms with Crippen LogP contribution in [0.5, 0.6) is 5.75 Å². The molecule has 2 aliphatic heterocycles. The number of nitrogens with zero attached hydrogens (tertiary/aromatic N) is 3. The monoisotopic (exact) mass is 1270 g/mol. The first-order valence-corrected chi connectivity index (χ1v) is 30.4. The van der Waals surface area contributed by atoms with Crippen molar-refractivity contribution in [2.45, 2.75) is 167 Å². The number of carbonyl (C=O) groups excluding carboxylic acids is 10. The van der Waals surface area contributed by atoms with Crippen LogP contribution in [-0.2, 0) is 72.0 Å². The summed E-state index contributed by atoms with van der Waals surface area (Å²) < 4.78 is 0. The molecule has 10 amide bonds. The molecule has 2 fully saturated rings. The van der Waals surface area contributed by atoms with Gasteiger partial charge in [0.25, 0.3) is 5.97 Å². The summed E-state index contributed by atoms with van der Waals surface area (Å²) in [5, 5.41) is 53.3. The second-order valence-electron chi connectivity index (χ2n) is 23.3. The van der Waals surface area contributed by atoms with Gasteiger partial charge in [-0.25, -0.2) is 4.98 Å². The standard InChI is InChI=1S/C59H84N16O12.C2H4O2/c1-6-63-57(86)48-14-10-22-75(48)58(87)41(13-9-21-64-59(60)61)68-51(80)42(23-32(2)3)69-52(81)43(24-33(4)5)70-53(82)44(25-34-15-17-37(77)18-16-34)71-56(85)47(30-76)74-54(83)45(26-35-28-65-39-12-8-7-11-38(35)39)72-55(84)46(27-36-29-62-31-66-36)73-50(79)40-19-20-49(78)67-40;1-2(3)4/h7-8,11-12,15-18,28-29,31-33,40-48,65,76-77H,6,9-10,13-14,19-27,30H2,1-5H3,(H,62,66)(H,63,86)(H,67,78)(H,68,80)(H,69,81)(H,70,82)(H,71,85)(H,72,84)(H,73,79)(H,74,83)(H4,60,61,64);1H3,(H,3,4)/t40-,41?,42?,43?,44?,45?,46?,47?,48-;/m0./s1. The number of aliphatic carboxylic acids is 1. The van der Waals surface area contributed by atoms with Crippen molar-refractivity contribution < 1.29 is 68.1 Å². The number of hydrogen-bond donors (Lipinski definition) is 16. The van der Waals surface area contributed by atoms with Gasteiger partial charge in [-0.05, 0) is 93.0 Å². The number of likely N-dealkylation sites (tertiary alicyclic amines) is 1. The van der Waals surface area contributed by atoms with Crippen LogP contribution in [0.25, 0.3) is 10.9 Å². The number of hydrogen-bond acceptors (Lipinski definition) is 15. The number of H-pyrrole nitrogens is 2. The Labute approximate surface area is 526 Å². The fourth-order valence-electron chi connectivity index (χ4n) is 10.5. The van der Waals surface area contributed by atoms with Crippen LogP contribution in [0.1, 0.15) is 110 Å². The number of fused-ring (bicyclic) bond motifs is 1. The van der Waals surface area contributed by atoms with E-state index in [9.17, 15) is 58.2 Å². The number of nitrogens with two attached hydrogens (primary N) is 2. The largest absolute Gasteiger partial charge is 0.508 e. The van der Waals surface area contributed by atoms with Crippen molar-refractivity contribution in [3.8, 4) is 5.75 Å². The minimum atomic E-state index is -1.75. The highest BCUT2D eigenvalue weighted by Gasteiger charge is 2.40. The summed E-state index contributed by atoms with van der Waals surface area (Å²) in [6.45, 7) is 9.91. The van der Waals surface area contributed by atoms with E-state index in [1.54, 1.807) is 45.2 Å². The maximum absolute atomic E-state index is 14.7. The Morgan fingerprint density at radius 1 is 0.703 bits per heavy atom. The molecule has 30 nitrogen and oxygen atoms in total. The fraction of sp³-hybridized carbons (Fsp3) is 0.525. The van der Waals surface area contributed by atoms with E-state index < -0.39 is 114 Å². The molecule has 0 bridgehead atoms. The van der Waals surface area contributed by atoms with Crippen molar-refractivity contribution in [1.29, 1.82) is 0 Å². The molecule has 0 aliphatic carbocycles. The molecule has 4 heterocycles. The molecule has 2 saturated heterocycles. The molecule has 2 aromatic carbocycles. The number of para-hydroxylation sites is 1. The summed E-state index contributed by atoms with van der Waals surface area (Å²) in [7, 11) is 0. The van der Waals surface area contributed by atoms with Crippen molar-refractivity contribution in [2.75, 3.05) is 26.2 Å². The van der Waals surface area contributed by atoms with Gasteiger partial charge in [0.15, 0.2) is 5.96 Å². The molecule has 9 atom stereocenters. The van der Waals surface area contributed by atoms with Crippen LogP contribution < -0.4 is 59.3 Å². The highest BCUT2D eigenvalue weighted by Crippen LogP contribution is 2.22. The molecule has 0 spiro atoms. The van der Waals surface area contributed by atoms with E-state index in [1.807, 2.05) is 19.9 Å². The predicted molar refractivity (Wildman–Crippen MR) is 333 cm³/mol. The summed E-state index contributed by atoms with van der Waals surface area (Å²) in [6, 6.07) is 1.58. The average molecular weight is 1270 g/mol. The number of guanidine groups is 1. The summed E-state index contributed by atoms with van der Waals surface area (Å²) in [5.74, 6) is -8.39. The van der Waals surface area contributed by atoms with E-state index in [-0.39, 0.29) is 106 Å². The highest BCUT2D eigenvalue weighted by molar-refractivity contribution is 5.99. The average Bonchev–Trinajstić information content (AvgIpc) is 2.04. The van der Waals surface area contributed by atoms with Gasteiger partial charge in [-0.2, -0.15) is 0 Å². The van der Waals surface area contributed by atoms with Gasteiger partial charge in [-0.1, -0.05) is 58.0 Å². The van der Waals surface area contributed by atoms with E-state index in [0.717, 1.165) is 12.4 Å². The van der Waals surface area contributed by atoms with Gasteiger partial charge in [0.2, 0.25) is 59.1 Å². The second-order valence-corrected chi connectivity index (χ2v) is 23.3. The van der Waals surface area contributed by atoms with Crippen LogP contribution in [0.15, 0.2) is 72.2 Å². The lowest BCUT2D eigenvalue weighted by Crippen LogP contribution is -2.61. The number of carbonyl (C=O) groups is 11. The number of amides is 10. The number of phenols is 1. The highest BCUT2D eigenvalue weighted by atomic mass is 16.4. The number of aliphatic hydroxyl groups is 1. The van der Waals surface area contributed by atoms with Crippen LogP contribution in [0.3, 0.4) is 0 Å². The summed E-state index contributed by atoms with van der Waals surface area (Å²) in [5.41, 5.74) is 13.3. The quantitative estimate of drug-likeness (QED) is 0.0153. The SMILES string of the molecule is CC(=O)O.CCNC(=O)[C@@H]1CCCN1C(=O)C(CCCN=C(N)N)NC(=O)C(CC(C)C)NC(=O)C(CC(C)C)NC(=O)C(Cc1ccc(O)cc1)NC(=O)C(CO)NC(=O)C(Cc1c[nH]c2ccccc12)NC(=O)C(Cc1cnc[nH]1)NC(=O)[C@@H]1CCC(=O)N1. The van der Waals surface area contributed by atoms with Crippen molar-refractivity contribution in [2.24, 2.45) is 28.3 Å². The second kappa shape index (κ2) is 35.5. The molecule has 6 rings (SSSR count). The number of carboxylic acid groups (broad SMARTS) is 1. The van der Waals surface area contributed by atoms with Crippen LogP contribution in [-0.4, -0.2) is 187 Å². The number of aromatic nitrogens is 3. The van der Waals surface area contributed by atoms with Gasteiger partial charge >= 0.3 is 0 Å². The number of nitrogens with one attached hydrogen (secondary N) is 11. The Morgan fingerprint density at radius 2 is 1.25 bits per heavy atom. The fourth-order valence-corrected chi connectivity index (χ4v) is 10.5. The first kappa shape index (κ1) is 72.1. The van der Waals surface area contributed by atoms with Crippen molar-refractivity contribution >= 4 is 81.9 Å². The summed E-state index contributed by atoms with van der Waals surface area (Å²) >= 11 is 0. The lowest BCUT2D eigenvalue weighted by Gasteiger charge is -2.31. The molecule has 18 N–H and O–H groups in total. The third-order valence-corrected chi connectivity index (χ3v) is 14.9. The lowest BCUT2D eigenvalue weighted by atomic mass is 9.98. The number of aromatic hydroxyl groups is 1. The van der Waals surface area contributed by atoms with Gasteiger partial charge in [0, 0.05) is 81.2 Å². The Balaban J connectivity index is 0.00000365. The Hall–Kier alpha value is -9.61. The smallest absolute Gasteiger partial charge is 0.300 e. The molecule has 2 aliphatic rings. The zero-order valence-electron chi connectivity index (χ0n) is 52.1. The van der Waals surface area contributed by atoms with E-state index in [0.29, 0.717) is 41.6 Å². The van der Waals surface area contributed by atoms with Crippen LogP contribution in [0.4, 0.5) is 0 Å². The van der Waals surface area contributed by atoms with Gasteiger partial charge in [-0.15, -0.1) is 0 Å². The van der Waals surface area contributed by atoms with E-state index in [4.69, 9.17) is 21.4 Å². The zero-order valence-corrected chi connectivity index (χ0v) is 52.1. The molecule has 0 radical (unpaired) electrons. The normalized spacial score (nSPS) is 16.7. The Bertz CT molecular complexity index is 3160. The van der Waals surface area contributed by atoms with Gasteiger partial charge < -0.3 is 89.5 Å². The van der Waals surface area contributed by atoms with Crippen LogP contribution in [0, 0.1) is 11.8 Å². The number of aromatic amines is 2. The number of benzene rings is 2. The third kappa shape index (κ3) is 23.1. The number of aliphatic hydroxyl groups excluding tert-OH is 1. The molecule has 30 heteroatoms. The van der Waals surface area contributed by atoms with Crippen molar-refractivity contribution in [3.63, 3.8) is 0 Å². The van der Waals surface area contributed by atoms with Gasteiger partial charge in [0.1, 0.15) is 60.1 Å². The molecule has 0 saturated carbocycles. The molecule has 91 heavy (non-hydrogen) atoms. The zero-order chi connectivity index (χ0) is 66.9. The molecular formula is C61H88N16O14. The first-order valence-electron chi connectivity index (χ1n) is 30.4. The minimum absolute atomic E-state index is 0.0397. The van der Waals surface area contributed by atoms with E-state index in [2.05, 4.69) is 67.8 Å². The molecule has 2 aromatic heterocycles. The molecule has 7 unspecified atom stereocenters. The van der Waals surface area contributed by atoms with Crippen LogP contribution in [0.2, 0.25) is 0 Å². The lowest BCUT2D eigenvalue weighted by molar-refractivity contribution is -0.142. The number of likely N-dealkylation sites (N-methyl/N-ethyl adjacent to an activating group) is 1. The predicted octanol–water partition coefficient (Wildman–Crippen LogP) is -1.35. The number of aliphatic imine (C=N–C) groups is 1. The van der Waals surface area contributed by atoms with Crippen molar-refractivity contribution in [3.05, 3.63) is 84.1 Å². The molecule has 496 valence electrons. The Morgan fingerprint density at radius 3 is 1.80 bits per heavy atom. The van der Waals surface area contributed by atoms with Gasteiger partial charge in [-0.3, -0.25) is 57.7 Å². The number of rotatable bonds is 32. The van der Waals surface area contributed by atoms with Gasteiger partial charge in [0.05, 0.1) is 12.9 Å². The number of carboxylic acids is 1. The minimum Gasteiger partial charge on any atom is -0.508 e. The third-order valence-electron chi connectivity index (χ3n) is 14.9. The number of imidazole rings is 1. The molecule has 4 aromatic rings. The first-order chi connectivity index (χ1) is 43.3. The maximum Gasteiger partial charge on any atom is 0.300 e. The summed E-state index contributed by atoms with van der Waals surface area (Å²) in [4.78, 5) is 164. The van der Waals surface area contributed by atoms with E-state index in [1.165, 1.54) is 41.7 Å².